The molecule has 2 rings (SSSR count). The lowest BCUT2D eigenvalue weighted by Gasteiger charge is -2.17. The average Bonchev–Trinajstić information content (AvgIpc) is 2.54. The van der Waals surface area contributed by atoms with Crippen molar-refractivity contribution in [2.24, 2.45) is 5.41 Å². The molecule has 0 radical (unpaired) electrons. The molecule has 1 heterocycles. The first kappa shape index (κ1) is 18.4. The number of ether oxygens (including phenoxy) is 1. The summed E-state index contributed by atoms with van der Waals surface area (Å²) in [5, 5.41) is 13.4. The van der Waals surface area contributed by atoms with Gasteiger partial charge < -0.3 is 9.84 Å². The van der Waals surface area contributed by atoms with Crippen LogP contribution in [0.25, 0.3) is 5.69 Å². The van der Waals surface area contributed by atoms with E-state index in [0.29, 0.717) is 18.0 Å². The van der Waals surface area contributed by atoms with Crippen LogP contribution in [0.15, 0.2) is 35.1 Å². The molecule has 7 heteroatoms. The highest BCUT2D eigenvalue weighted by Gasteiger charge is 2.27. The van der Waals surface area contributed by atoms with Crippen molar-refractivity contribution in [3.05, 3.63) is 51.9 Å². The molecule has 132 valence electrons. The second kappa shape index (κ2) is 6.88. The van der Waals surface area contributed by atoms with E-state index in [-0.39, 0.29) is 11.5 Å². The first-order valence-corrected chi connectivity index (χ1v) is 7.81. The van der Waals surface area contributed by atoms with Crippen LogP contribution >= 0.6 is 0 Å². The SMILES string of the molecule is CCOc1ccc(-n2nc(C(=O)C(C)(C)C)cc(C(=O)O)c2=O)cc1. The fraction of sp³-hybridized carbons (Fsp3) is 0.333. The van der Waals surface area contributed by atoms with Gasteiger partial charge in [0.1, 0.15) is 17.0 Å². The molecule has 2 aromatic rings. The third kappa shape index (κ3) is 3.93. The number of hydrogen-bond acceptors (Lipinski definition) is 5. The van der Waals surface area contributed by atoms with Crippen LogP contribution in [0.5, 0.6) is 5.75 Å². The summed E-state index contributed by atoms with van der Waals surface area (Å²) in [7, 11) is 0. The molecule has 0 amide bonds. The van der Waals surface area contributed by atoms with Crippen molar-refractivity contribution in [1.82, 2.24) is 9.78 Å². The Hall–Kier alpha value is -2.96. The van der Waals surface area contributed by atoms with Crippen LogP contribution in [0.4, 0.5) is 0 Å². The Morgan fingerprint density at radius 1 is 1.20 bits per heavy atom. The van der Waals surface area contributed by atoms with Crippen molar-refractivity contribution in [3.8, 4) is 11.4 Å². The lowest BCUT2D eigenvalue weighted by molar-refractivity contribution is 0.0694. The van der Waals surface area contributed by atoms with E-state index in [0.717, 1.165) is 10.7 Å². The molecule has 7 nitrogen and oxygen atoms in total. The molecule has 0 saturated carbocycles. The Morgan fingerprint density at radius 3 is 2.28 bits per heavy atom. The van der Waals surface area contributed by atoms with Gasteiger partial charge in [-0.25, -0.2) is 4.79 Å². The number of ketones is 1. The summed E-state index contributed by atoms with van der Waals surface area (Å²) in [5.41, 5.74) is -1.79. The number of carboxylic acids is 1. The zero-order chi connectivity index (χ0) is 18.8. The second-order valence-corrected chi connectivity index (χ2v) is 6.47. The first-order valence-electron chi connectivity index (χ1n) is 7.81. The minimum Gasteiger partial charge on any atom is -0.494 e. The Balaban J connectivity index is 2.64. The maximum absolute atomic E-state index is 12.5. The Bertz CT molecular complexity index is 861. The molecule has 0 spiro atoms. The highest BCUT2D eigenvalue weighted by Crippen LogP contribution is 2.20. The van der Waals surface area contributed by atoms with Crippen LogP contribution in [0.1, 0.15) is 48.5 Å². The van der Waals surface area contributed by atoms with E-state index in [4.69, 9.17) is 4.74 Å². The average molecular weight is 344 g/mol. The third-order valence-corrected chi connectivity index (χ3v) is 3.45. The number of benzene rings is 1. The molecule has 1 aromatic heterocycles. The predicted molar refractivity (Wildman–Crippen MR) is 91.7 cm³/mol. The van der Waals surface area contributed by atoms with E-state index in [2.05, 4.69) is 5.10 Å². The van der Waals surface area contributed by atoms with Gasteiger partial charge in [-0.1, -0.05) is 20.8 Å². The molecule has 0 fully saturated rings. The third-order valence-electron chi connectivity index (χ3n) is 3.45. The number of nitrogens with zero attached hydrogens (tertiary/aromatic N) is 2. The summed E-state index contributed by atoms with van der Waals surface area (Å²) in [5.74, 6) is -1.15. The van der Waals surface area contributed by atoms with Gasteiger partial charge in [-0.05, 0) is 37.3 Å². The molecular weight excluding hydrogens is 324 g/mol. The van der Waals surface area contributed by atoms with Crippen molar-refractivity contribution in [2.45, 2.75) is 27.7 Å². The fourth-order valence-electron chi connectivity index (χ4n) is 2.17. The van der Waals surface area contributed by atoms with Crippen molar-refractivity contribution in [1.29, 1.82) is 0 Å². The zero-order valence-electron chi connectivity index (χ0n) is 14.6. The van der Waals surface area contributed by atoms with Crippen LogP contribution in [0, 0.1) is 5.41 Å². The summed E-state index contributed by atoms with van der Waals surface area (Å²) in [4.78, 5) is 36.3. The molecule has 0 aliphatic heterocycles. The predicted octanol–water partition coefficient (Wildman–Crippen LogP) is 2.56. The second-order valence-electron chi connectivity index (χ2n) is 6.47. The molecule has 0 aliphatic carbocycles. The van der Waals surface area contributed by atoms with E-state index in [1.165, 1.54) is 0 Å². The minimum absolute atomic E-state index is 0.0709. The van der Waals surface area contributed by atoms with Crippen LogP contribution in [0.2, 0.25) is 0 Å². The van der Waals surface area contributed by atoms with Gasteiger partial charge in [0.15, 0.2) is 5.78 Å². The first-order chi connectivity index (χ1) is 11.6. The van der Waals surface area contributed by atoms with Crippen molar-refractivity contribution < 1.29 is 19.4 Å². The largest absolute Gasteiger partial charge is 0.494 e. The standard InChI is InChI=1S/C18H20N2O5/c1-5-25-12-8-6-11(7-9-12)20-16(22)13(17(23)24)10-14(19-20)15(21)18(2,3)4/h6-10H,5H2,1-4H3,(H,23,24). The number of aromatic carboxylic acids is 1. The number of hydrogen-bond donors (Lipinski definition) is 1. The molecule has 0 atom stereocenters. The van der Waals surface area contributed by atoms with Crippen LogP contribution in [0.3, 0.4) is 0 Å². The Labute approximate surface area is 144 Å². The van der Waals surface area contributed by atoms with E-state index in [1.807, 2.05) is 6.92 Å². The quantitative estimate of drug-likeness (QED) is 0.837. The van der Waals surface area contributed by atoms with Crippen molar-refractivity contribution >= 4 is 11.8 Å². The van der Waals surface area contributed by atoms with Gasteiger partial charge in [0.25, 0.3) is 5.56 Å². The number of carbonyl (C=O) groups excluding carboxylic acids is 1. The Morgan fingerprint density at radius 2 is 1.80 bits per heavy atom. The molecular formula is C18H20N2O5. The normalized spacial score (nSPS) is 11.2. The molecule has 1 aromatic carbocycles. The van der Waals surface area contributed by atoms with Gasteiger partial charge >= 0.3 is 5.97 Å². The molecule has 25 heavy (non-hydrogen) atoms. The summed E-state index contributed by atoms with van der Waals surface area (Å²) in [6.07, 6.45) is 0. The van der Waals surface area contributed by atoms with Crippen molar-refractivity contribution in [3.63, 3.8) is 0 Å². The molecule has 0 saturated heterocycles. The van der Waals surface area contributed by atoms with Gasteiger partial charge in [-0.2, -0.15) is 9.78 Å². The minimum atomic E-state index is -1.41. The molecule has 0 unspecified atom stereocenters. The van der Waals surface area contributed by atoms with E-state index in [9.17, 15) is 19.5 Å². The number of aromatic nitrogens is 2. The smallest absolute Gasteiger partial charge is 0.341 e. The van der Waals surface area contributed by atoms with E-state index < -0.39 is 22.5 Å². The highest BCUT2D eigenvalue weighted by molar-refractivity contribution is 5.99. The highest BCUT2D eigenvalue weighted by atomic mass is 16.5. The van der Waals surface area contributed by atoms with Crippen LogP contribution in [-0.4, -0.2) is 33.2 Å². The van der Waals surface area contributed by atoms with Crippen LogP contribution < -0.4 is 10.3 Å². The Kier molecular flexibility index (Phi) is 5.06. The summed E-state index contributed by atoms with van der Waals surface area (Å²) in [6, 6.07) is 7.48. The van der Waals surface area contributed by atoms with Crippen molar-refractivity contribution in [2.75, 3.05) is 6.61 Å². The maximum atomic E-state index is 12.5. The van der Waals surface area contributed by atoms with E-state index >= 15 is 0 Å². The van der Waals surface area contributed by atoms with E-state index in [1.54, 1.807) is 45.0 Å². The number of Topliss-reactive ketones (excluding diaryl/α,β-unsaturated/α-hetero) is 1. The van der Waals surface area contributed by atoms with Gasteiger partial charge in [0.2, 0.25) is 0 Å². The number of rotatable bonds is 5. The lowest BCUT2D eigenvalue weighted by Crippen LogP contribution is -2.31. The maximum Gasteiger partial charge on any atom is 0.341 e. The molecule has 1 N–H and O–H groups in total. The van der Waals surface area contributed by atoms with Gasteiger partial charge in [-0.15, -0.1) is 0 Å². The fourth-order valence-corrected chi connectivity index (χ4v) is 2.17. The molecule has 0 aliphatic rings. The summed E-state index contributed by atoms with van der Waals surface area (Å²) >= 11 is 0. The van der Waals surface area contributed by atoms with Gasteiger partial charge in [-0.3, -0.25) is 9.59 Å². The van der Waals surface area contributed by atoms with Crippen LogP contribution in [-0.2, 0) is 0 Å². The topological polar surface area (TPSA) is 98.5 Å². The lowest BCUT2D eigenvalue weighted by atomic mass is 9.88. The van der Waals surface area contributed by atoms with Gasteiger partial charge in [0.05, 0.1) is 12.3 Å². The number of carbonyl (C=O) groups is 2. The van der Waals surface area contributed by atoms with Gasteiger partial charge in [0, 0.05) is 5.41 Å². The number of carboxylic acid groups (broad SMARTS) is 1. The summed E-state index contributed by atoms with van der Waals surface area (Å²) < 4.78 is 6.27. The summed E-state index contributed by atoms with van der Waals surface area (Å²) in [6.45, 7) is 7.44. The zero-order valence-corrected chi connectivity index (χ0v) is 14.6. The molecule has 0 bridgehead atoms. The monoisotopic (exact) mass is 344 g/mol.